The zero-order chi connectivity index (χ0) is 15.4. The van der Waals surface area contributed by atoms with Crippen LogP contribution in [0.15, 0.2) is 36.4 Å². The van der Waals surface area contributed by atoms with Gasteiger partial charge in [-0.2, -0.15) is 5.26 Å². The number of amides is 1. The van der Waals surface area contributed by atoms with Crippen LogP contribution in [0.25, 0.3) is 0 Å². The smallest absolute Gasteiger partial charge is 0.255 e. The summed E-state index contributed by atoms with van der Waals surface area (Å²) >= 11 is 0. The minimum atomic E-state index is -0.841. The Morgan fingerprint density at radius 3 is 2.43 bits per heavy atom. The van der Waals surface area contributed by atoms with Crippen LogP contribution in [-0.2, 0) is 0 Å². The van der Waals surface area contributed by atoms with Crippen molar-refractivity contribution >= 4 is 11.6 Å². The Morgan fingerprint density at radius 2 is 1.86 bits per heavy atom. The van der Waals surface area contributed by atoms with Gasteiger partial charge in [0.2, 0.25) is 0 Å². The highest BCUT2D eigenvalue weighted by Gasteiger charge is 2.12. The molecule has 0 bridgehead atoms. The Bertz CT molecular complexity index is 719. The summed E-state index contributed by atoms with van der Waals surface area (Å²) in [6.07, 6.45) is 0. The average molecular weight is 288 g/mol. The topological polar surface area (TPSA) is 62.1 Å². The molecular formula is C15H10F2N2O2. The summed E-state index contributed by atoms with van der Waals surface area (Å²) in [6, 6.07) is 8.88. The second-order valence-corrected chi connectivity index (χ2v) is 4.14. The van der Waals surface area contributed by atoms with Crippen LogP contribution >= 0.6 is 0 Å². The van der Waals surface area contributed by atoms with Crippen molar-refractivity contribution in [3.63, 3.8) is 0 Å². The van der Waals surface area contributed by atoms with E-state index in [1.54, 1.807) is 0 Å². The monoisotopic (exact) mass is 288 g/mol. The second-order valence-electron chi connectivity index (χ2n) is 4.14. The van der Waals surface area contributed by atoms with Gasteiger partial charge in [0, 0.05) is 17.7 Å². The predicted octanol–water partition coefficient (Wildman–Crippen LogP) is 3.10. The van der Waals surface area contributed by atoms with Crippen molar-refractivity contribution in [2.45, 2.75) is 0 Å². The van der Waals surface area contributed by atoms with E-state index in [2.05, 4.69) is 5.32 Å². The number of nitrogens with zero attached hydrogens (tertiary/aromatic N) is 1. The lowest BCUT2D eigenvalue weighted by Gasteiger charge is -2.10. The van der Waals surface area contributed by atoms with Gasteiger partial charge in [-0.05, 0) is 24.3 Å². The highest BCUT2D eigenvalue weighted by Crippen LogP contribution is 2.26. The quantitative estimate of drug-likeness (QED) is 0.944. The minimum absolute atomic E-state index is 0.154. The third-order valence-electron chi connectivity index (χ3n) is 2.70. The molecule has 0 atom stereocenters. The number of hydrogen-bond donors (Lipinski definition) is 1. The SMILES string of the molecule is COc1cc(C#N)ccc1NC(=O)c1cc(F)cc(F)c1. The number of benzene rings is 2. The Morgan fingerprint density at radius 1 is 1.19 bits per heavy atom. The highest BCUT2D eigenvalue weighted by molar-refractivity contribution is 6.05. The van der Waals surface area contributed by atoms with Gasteiger partial charge in [-0.25, -0.2) is 8.78 Å². The van der Waals surface area contributed by atoms with Crippen molar-refractivity contribution in [1.29, 1.82) is 5.26 Å². The summed E-state index contributed by atoms with van der Waals surface area (Å²) in [5, 5.41) is 11.3. The van der Waals surface area contributed by atoms with Crippen molar-refractivity contribution in [2.24, 2.45) is 0 Å². The molecule has 2 aromatic rings. The van der Waals surface area contributed by atoms with Gasteiger partial charge >= 0.3 is 0 Å². The molecule has 0 spiro atoms. The molecule has 2 rings (SSSR count). The summed E-state index contributed by atoms with van der Waals surface area (Å²) in [5.74, 6) is -2.09. The number of nitriles is 1. The van der Waals surface area contributed by atoms with Gasteiger partial charge in [0.1, 0.15) is 17.4 Å². The normalized spacial score (nSPS) is 9.81. The molecule has 1 N–H and O–H groups in total. The maximum atomic E-state index is 13.1. The number of methoxy groups -OCH3 is 1. The van der Waals surface area contributed by atoms with Crippen LogP contribution in [0.5, 0.6) is 5.75 Å². The predicted molar refractivity (Wildman–Crippen MR) is 72.0 cm³/mol. The van der Waals surface area contributed by atoms with E-state index in [-0.39, 0.29) is 11.3 Å². The second kappa shape index (κ2) is 6.01. The minimum Gasteiger partial charge on any atom is -0.495 e. The molecule has 21 heavy (non-hydrogen) atoms. The zero-order valence-electron chi connectivity index (χ0n) is 11.0. The van der Waals surface area contributed by atoms with E-state index in [1.165, 1.54) is 25.3 Å². The summed E-state index contributed by atoms with van der Waals surface area (Å²) < 4.78 is 31.2. The molecule has 0 aliphatic heterocycles. The van der Waals surface area contributed by atoms with Gasteiger partial charge < -0.3 is 10.1 Å². The fourth-order valence-corrected chi connectivity index (χ4v) is 1.74. The van der Waals surface area contributed by atoms with Crippen LogP contribution in [0.1, 0.15) is 15.9 Å². The van der Waals surface area contributed by atoms with E-state index in [0.29, 0.717) is 17.3 Å². The Balaban J connectivity index is 2.29. The van der Waals surface area contributed by atoms with Gasteiger partial charge in [-0.1, -0.05) is 0 Å². The molecule has 1 amide bonds. The molecule has 2 aromatic carbocycles. The largest absolute Gasteiger partial charge is 0.495 e. The van der Waals surface area contributed by atoms with Crippen molar-refractivity contribution < 1.29 is 18.3 Å². The summed E-state index contributed by atoms with van der Waals surface area (Å²) in [7, 11) is 1.38. The molecule has 0 heterocycles. The zero-order valence-corrected chi connectivity index (χ0v) is 11.0. The standard InChI is InChI=1S/C15H10F2N2O2/c1-21-14-4-9(8-18)2-3-13(14)19-15(20)10-5-11(16)7-12(17)6-10/h2-7H,1H3,(H,19,20). The molecule has 0 unspecified atom stereocenters. The first-order valence-corrected chi connectivity index (χ1v) is 5.89. The number of rotatable bonds is 3. The van der Waals surface area contributed by atoms with E-state index < -0.39 is 17.5 Å². The first-order valence-electron chi connectivity index (χ1n) is 5.89. The van der Waals surface area contributed by atoms with Crippen LogP contribution < -0.4 is 10.1 Å². The average Bonchev–Trinajstić information content (AvgIpc) is 2.46. The number of carbonyl (C=O) groups excluding carboxylic acids is 1. The van der Waals surface area contributed by atoms with Crippen molar-refractivity contribution in [2.75, 3.05) is 12.4 Å². The van der Waals surface area contributed by atoms with Gasteiger partial charge in [0.15, 0.2) is 0 Å². The van der Waals surface area contributed by atoms with Crippen molar-refractivity contribution in [1.82, 2.24) is 0 Å². The van der Waals surface area contributed by atoms with Crippen LogP contribution in [-0.4, -0.2) is 13.0 Å². The lowest BCUT2D eigenvalue weighted by Crippen LogP contribution is -2.13. The van der Waals surface area contributed by atoms with Crippen molar-refractivity contribution in [3.8, 4) is 11.8 Å². The first-order chi connectivity index (χ1) is 10.0. The van der Waals surface area contributed by atoms with Gasteiger partial charge in [0.05, 0.1) is 24.4 Å². The van der Waals surface area contributed by atoms with Crippen LogP contribution in [0.3, 0.4) is 0 Å². The van der Waals surface area contributed by atoms with Crippen LogP contribution in [0, 0.1) is 23.0 Å². The lowest BCUT2D eigenvalue weighted by molar-refractivity contribution is 0.102. The van der Waals surface area contributed by atoms with Gasteiger partial charge in [-0.15, -0.1) is 0 Å². The number of ether oxygens (including phenoxy) is 1. The van der Waals surface area contributed by atoms with Gasteiger partial charge in [-0.3, -0.25) is 4.79 Å². The molecule has 0 radical (unpaired) electrons. The van der Waals surface area contributed by atoms with E-state index in [4.69, 9.17) is 10.00 Å². The number of anilines is 1. The fourth-order valence-electron chi connectivity index (χ4n) is 1.74. The molecule has 6 heteroatoms. The number of carbonyl (C=O) groups is 1. The molecule has 0 saturated heterocycles. The number of hydrogen-bond acceptors (Lipinski definition) is 3. The summed E-state index contributed by atoms with van der Waals surface area (Å²) in [4.78, 5) is 12.0. The maximum absolute atomic E-state index is 13.1. The molecule has 4 nitrogen and oxygen atoms in total. The van der Waals surface area contributed by atoms with E-state index in [1.807, 2.05) is 6.07 Å². The van der Waals surface area contributed by atoms with Crippen LogP contribution in [0.2, 0.25) is 0 Å². The third kappa shape index (κ3) is 3.34. The number of nitrogens with one attached hydrogen (secondary N) is 1. The molecule has 0 aliphatic rings. The Labute approximate surface area is 119 Å². The summed E-state index contributed by atoms with van der Waals surface area (Å²) in [5.41, 5.74) is 0.506. The maximum Gasteiger partial charge on any atom is 0.255 e. The molecular weight excluding hydrogens is 278 g/mol. The fraction of sp³-hybridized carbons (Fsp3) is 0.0667. The van der Waals surface area contributed by atoms with E-state index in [0.717, 1.165) is 12.1 Å². The van der Waals surface area contributed by atoms with Crippen molar-refractivity contribution in [3.05, 3.63) is 59.2 Å². The van der Waals surface area contributed by atoms with E-state index in [9.17, 15) is 13.6 Å². The highest BCUT2D eigenvalue weighted by atomic mass is 19.1. The molecule has 0 aromatic heterocycles. The Kier molecular flexibility index (Phi) is 4.14. The summed E-state index contributed by atoms with van der Waals surface area (Å²) in [6.45, 7) is 0. The van der Waals surface area contributed by atoms with E-state index >= 15 is 0 Å². The molecule has 0 saturated carbocycles. The number of halogens is 2. The van der Waals surface area contributed by atoms with Crippen LogP contribution in [0.4, 0.5) is 14.5 Å². The third-order valence-corrected chi connectivity index (χ3v) is 2.70. The molecule has 106 valence electrons. The first kappa shape index (κ1) is 14.5. The molecule has 0 aliphatic carbocycles. The van der Waals surface area contributed by atoms with Gasteiger partial charge in [0.25, 0.3) is 5.91 Å². The Hall–Kier alpha value is -2.94. The molecule has 0 fully saturated rings. The lowest BCUT2D eigenvalue weighted by atomic mass is 10.1.